The number of benzene rings is 1. The summed E-state index contributed by atoms with van der Waals surface area (Å²) in [6.07, 6.45) is 4.80. The van der Waals surface area contributed by atoms with Crippen molar-refractivity contribution in [2.75, 3.05) is 6.61 Å². The summed E-state index contributed by atoms with van der Waals surface area (Å²) < 4.78 is 5.95. The van der Waals surface area contributed by atoms with Crippen molar-refractivity contribution in [3.63, 3.8) is 0 Å². The molecule has 1 N–H and O–H groups in total. The number of rotatable bonds is 5. The van der Waals surface area contributed by atoms with E-state index in [0.717, 1.165) is 24.7 Å². The molecule has 1 heterocycles. The predicted octanol–water partition coefficient (Wildman–Crippen LogP) is 4.62. The minimum absolute atomic E-state index is 0.437. The lowest BCUT2D eigenvalue weighted by atomic mass is 9.96. The maximum Gasteiger partial charge on any atom is 0.126 e. The normalized spacial score (nSPS) is 21.5. The molecule has 1 aliphatic heterocycles. The van der Waals surface area contributed by atoms with Crippen LogP contribution in [0.2, 0.25) is 0 Å². The van der Waals surface area contributed by atoms with E-state index in [9.17, 15) is 0 Å². The van der Waals surface area contributed by atoms with Crippen molar-refractivity contribution in [1.29, 1.82) is 0 Å². The molecule has 0 aromatic heterocycles. The quantitative estimate of drug-likeness (QED) is 0.846. The molecule has 3 unspecified atom stereocenters. The van der Waals surface area contributed by atoms with Gasteiger partial charge >= 0.3 is 0 Å². The Morgan fingerprint density at radius 1 is 1.35 bits per heavy atom. The molecule has 112 valence electrons. The molecule has 3 atom stereocenters. The van der Waals surface area contributed by atoms with E-state index in [4.69, 9.17) is 4.74 Å². The second-order valence-corrected chi connectivity index (χ2v) is 6.35. The van der Waals surface area contributed by atoms with Crippen LogP contribution in [0.3, 0.4) is 0 Å². The minimum atomic E-state index is 0.437. The Hall–Kier alpha value is -1.02. The molecule has 2 heteroatoms. The predicted molar refractivity (Wildman–Crippen MR) is 85.3 cm³/mol. The largest absolute Gasteiger partial charge is 0.493 e. The van der Waals surface area contributed by atoms with E-state index in [1.54, 1.807) is 0 Å². The van der Waals surface area contributed by atoms with Gasteiger partial charge in [0.25, 0.3) is 0 Å². The first-order valence-electron chi connectivity index (χ1n) is 8.10. The van der Waals surface area contributed by atoms with Gasteiger partial charge in [0, 0.05) is 17.6 Å². The highest BCUT2D eigenvalue weighted by Gasteiger charge is 2.22. The van der Waals surface area contributed by atoms with Crippen LogP contribution in [0.1, 0.15) is 63.6 Å². The van der Waals surface area contributed by atoms with Gasteiger partial charge in [-0.25, -0.2) is 0 Å². The lowest BCUT2D eigenvalue weighted by molar-refractivity contribution is 0.311. The summed E-state index contributed by atoms with van der Waals surface area (Å²) >= 11 is 0. The Morgan fingerprint density at radius 2 is 2.15 bits per heavy atom. The van der Waals surface area contributed by atoms with E-state index in [1.165, 1.54) is 30.4 Å². The molecule has 0 spiro atoms. The summed E-state index contributed by atoms with van der Waals surface area (Å²) in [5, 5.41) is 3.83. The van der Waals surface area contributed by atoms with Crippen molar-refractivity contribution in [1.82, 2.24) is 5.32 Å². The van der Waals surface area contributed by atoms with Crippen molar-refractivity contribution in [2.24, 2.45) is 5.92 Å². The second-order valence-electron chi connectivity index (χ2n) is 6.35. The van der Waals surface area contributed by atoms with Crippen molar-refractivity contribution in [2.45, 2.75) is 65.5 Å². The summed E-state index contributed by atoms with van der Waals surface area (Å²) in [5.41, 5.74) is 2.60. The topological polar surface area (TPSA) is 21.3 Å². The lowest BCUT2D eigenvalue weighted by Gasteiger charge is -2.25. The first kappa shape index (κ1) is 15.4. The molecule has 1 aliphatic rings. The molecule has 2 rings (SSSR count). The number of nitrogens with one attached hydrogen (secondary N) is 1. The Morgan fingerprint density at radius 3 is 2.90 bits per heavy atom. The lowest BCUT2D eigenvalue weighted by Crippen LogP contribution is -2.31. The zero-order chi connectivity index (χ0) is 14.5. The highest BCUT2D eigenvalue weighted by atomic mass is 16.5. The summed E-state index contributed by atoms with van der Waals surface area (Å²) in [7, 11) is 0. The van der Waals surface area contributed by atoms with Gasteiger partial charge in [-0.1, -0.05) is 38.5 Å². The van der Waals surface area contributed by atoms with Crippen LogP contribution < -0.4 is 10.1 Å². The SMILES string of the molecule is CCC(C)CC(C)NC1CCCOc2c(C)cccc21. The molecule has 1 aromatic carbocycles. The van der Waals surface area contributed by atoms with Gasteiger partial charge in [0.1, 0.15) is 5.75 Å². The van der Waals surface area contributed by atoms with Crippen LogP contribution in [0.25, 0.3) is 0 Å². The highest BCUT2D eigenvalue weighted by Crippen LogP contribution is 2.34. The number of hydrogen-bond donors (Lipinski definition) is 1. The smallest absolute Gasteiger partial charge is 0.126 e. The highest BCUT2D eigenvalue weighted by molar-refractivity contribution is 5.43. The Kier molecular flexibility index (Phi) is 5.47. The van der Waals surface area contributed by atoms with Gasteiger partial charge in [0.15, 0.2) is 0 Å². The van der Waals surface area contributed by atoms with Crippen LogP contribution in [0.4, 0.5) is 0 Å². The Bertz CT molecular complexity index is 429. The van der Waals surface area contributed by atoms with Crippen LogP contribution in [-0.4, -0.2) is 12.6 Å². The van der Waals surface area contributed by atoms with E-state index in [2.05, 4.69) is 51.2 Å². The molecule has 20 heavy (non-hydrogen) atoms. The molecular weight excluding hydrogens is 246 g/mol. The Balaban J connectivity index is 2.10. The van der Waals surface area contributed by atoms with Gasteiger partial charge in [-0.15, -0.1) is 0 Å². The number of para-hydroxylation sites is 1. The van der Waals surface area contributed by atoms with Crippen molar-refractivity contribution in [3.8, 4) is 5.75 Å². The third-order valence-corrected chi connectivity index (χ3v) is 4.44. The minimum Gasteiger partial charge on any atom is -0.493 e. The molecule has 0 fully saturated rings. The molecule has 0 aliphatic carbocycles. The van der Waals surface area contributed by atoms with Gasteiger partial charge in [0.2, 0.25) is 0 Å². The average molecular weight is 275 g/mol. The molecule has 2 nitrogen and oxygen atoms in total. The maximum atomic E-state index is 5.95. The zero-order valence-electron chi connectivity index (χ0n) is 13.4. The van der Waals surface area contributed by atoms with E-state index >= 15 is 0 Å². The first-order valence-corrected chi connectivity index (χ1v) is 8.10. The summed E-state index contributed by atoms with van der Waals surface area (Å²) in [6, 6.07) is 7.51. The molecule has 0 saturated carbocycles. The fourth-order valence-electron chi connectivity index (χ4n) is 3.12. The van der Waals surface area contributed by atoms with Crippen LogP contribution in [0.15, 0.2) is 18.2 Å². The number of aryl methyl sites for hydroxylation is 1. The van der Waals surface area contributed by atoms with Gasteiger partial charge < -0.3 is 10.1 Å². The van der Waals surface area contributed by atoms with Crippen LogP contribution in [0, 0.1) is 12.8 Å². The molecule has 0 radical (unpaired) electrons. The van der Waals surface area contributed by atoms with Crippen LogP contribution >= 0.6 is 0 Å². The molecule has 0 amide bonds. The van der Waals surface area contributed by atoms with E-state index in [-0.39, 0.29) is 0 Å². The van der Waals surface area contributed by atoms with Crippen molar-refractivity contribution < 1.29 is 4.74 Å². The molecule has 0 bridgehead atoms. The average Bonchev–Trinajstić information content (AvgIpc) is 2.62. The fraction of sp³-hybridized carbons (Fsp3) is 0.667. The standard InChI is InChI=1S/C18H29NO/c1-5-13(2)12-15(4)19-17-10-7-11-20-18-14(3)8-6-9-16(17)18/h6,8-9,13,15,17,19H,5,7,10-12H2,1-4H3. The third kappa shape index (κ3) is 3.76. The van der Waals surface area contributed by atoms with Crippen LogP contribution in [0.5, 0.6) is 5.75 Å². The number of hydrogen-bond acceptors (Lipinski definition) is 2. The van der Waals surface area contributed by atoms with Gasteiger partial charge in [0.05, 0.1) is 6.61 Å². The summed E-state index contributed by atoms with van der Waals surface area (Å²) in [4.78, 5) is 0. The number of ether oxygens (including phenoxy) is 1. The van der Waals surface area contributed by atoms with E-state index in [0.29, 0.717) is 12.1 Å². The number of fused-ring (bicyclic) bond motifs is 1. The van der Waals surface area contributed by atoms with E-state index < -0.39 is 0 Å². The van der Waals surface area contributed by atoms with Crippen LogP contribution in [-0.2, 0) is 0 Å². The van der Waals surface area contributed by atoms with Gasteiger partial charge in [-0.2, -0.15) is 0 Å². The summed E-state index contributed by atoms with van der Waals surface area (Å²) in [6.45, 7) is 9.91. The molecule has 1 aromatic rings. The fourth-order valence-corrected chi connectivity index (χ4v) is 3.12. The molecular formula is C18H29NO. The Labute approximate surface area is 123 Å². The van der Waals surface area contributed by atoms with Crippen molar-refractivity contribution >= 4 is 0 Å². The maximum absolute atomic E-state index is 5.95. The van der Waals surface area contributed by atoms with E-state index in [1.807, 2.05) is 0 Å². The van der Waals surface area contributed by atoms with Gasteiger partial charge in [-0.05, 0) is 44.6 Å². The van der Waals surface area contributed by atoms with Gasteiger partial charge in [-0.3, -0.25) is 0 Å². The summed E-state index contributed by atoms with van der Waals surface area (Å²) in [5.74, 6) is 1.90. The monoisotopic (exact) mass is 275 g/mol. The molecule has 0 saturated heterocycles. The first-order chi connectivity index (χ1) is 9.61. The zero-order valence-corrected chi connectivity index (χ0v) is 13.4. The second kappa shape index (κ2) is 7.12. The van der Waals surface area contributed by atoms with Crippen molar-refractivity contribution in [3.05, 3.63) is 29.3 Å². The third-order valence-electron chi connectivity index (χ3n) is 4.44.